The fourth-order valence-corrected chi connectivity index (χ4v) is 3.02. The van der Waals surface area contributed by atoms with Crippen LogP contribution in [0.25, 0.3) is 0 Å². The average Bonchev–Trinajstić information content (AvgIpc) is 2.54. The maximum atomic E-state index is 13.3. The van der Waals surface area contributed by atoms with E-state index in [0.29, 0.717) is 6.54 Å². The number of aryl methyl sites for hydroxylation is 1. The fraction of sp³-hybridized carbons (Fsp3) is 0.611. The van der Waals surface area contributed by atoms with Gasteiger partial charge < -0.3 is 20.6 Å². The molecule has 1 aliphatic rings. The van der Waals surface area contributed by atoms with E-state index in [1.807, 2.05) is 20.8 Å². The lowest BCUT2D eigenvalue weighted by molar-refractivity contribution is 0.198. The Balaban J connectivity index is 1.92. The first kappa shape index (κ1) is 18.5. The van der Waals surface area contributed by atoms with Crippen LogP contribution in [0.15, 0.2) is 18.2 Å². The summed E-state index contributed by atoms with van der Waals surface area (Å²) in [5.74, 6) is -0.213. The summed E-state index contributed by atoms with van der Waals surface area (Å²) < 4.78 is 13.3. The minimum atomic E-state index is -0.227. The van der Waals surface area contributed by atoms with Crippen LogP contribution < -0.4 is 15.5 Å². The maximum absolute atomic E-state index is 13.3. The molecule has 1 heterocycles. The van der Waals surface area contributed by atoms with Gasteiger partial charge in [0.05, 0.1) is 0 Å². The number of amides is 2. The topological polar surface area (TPSA) is 64.6 Å². The van der Waals surface area contributed by atoms with Gasteiger partial charge in [-0.1, -0.05) is 6.92 Å². The van der Waals surface area contributed by atoms with Crippen molar-refractivity contribution in [3.8, 4) is 0 Å². The molecule has 0 bridgehead atoms. The van der Waals surface area contributed by atoms with E-state index in [9.17, 15) is 9.18 Å². The first-order valence-corrected chi connectivity index (χ1v) is 8.59. The maximum Gasteiger partial charge on any atom is 0.315 e. The van der Waals surface area contributed by atoms with Crippen LogP contribution in [0.4, 0.5) is 14.9 Å². The first-order chi connectivity index (χ1) is 11.4. The molecule has 6 heteroatoms. The summed E-state index contributed by atoms with van der Waals surface area (Å²) in [7, 11) is 0. The number of urea groups is 1. The lowest BCUT2D eigenvalue weighted by atomic mass is 10.0. The number of rotatable bonds is 5. The lowest BCUT2D eigenvalue weighted by Gasteiger charge is -2.36. The lowest BCUT2D eigenvalue weighted by Crippen LogP contribution is -2.53. The number of nitrogens with zero attached hydrogens (tertiary/aromatic N) is 1. The molecular weight excluding hydrogens is 309 g/mol. The van der Waals surface area contributed by atoms with Gasteiger partial charge in [0.15, 0.2) is 0 Å². The van der Waals surface area contributed by atoms with Gasteiger partial charge in [0.25, 0.3) is 0 Å². The summed E-state index contributed by atoms with van der Waals surface area (Å²) in [5, 5.41) is 15.0. The summed E-state index contributed by atoms with van der Waals surface area (Å²) in [6, 6.07) is 4.58. The molecule has 1 fully saturated rings. The second kappa shape index (κ2) is 8.33. The highest BCUT2D eigenvalue weighted by Crippen LogP contribution is 2.24. The average molecular weight is 337 g/mol. The van der Waals surface area contributed by atoms with Gasteiger partial charge in [0.2, 0.25) is 0 Å². The standard InChI is InChI=1S/C18H28FN3O2/c1-12-9-15(19)6-7-17(12)22-8-4-5-16(10-22)21-18(24)20-14(3)13(2)11-23/h6-7,9,13-14,16,23H,4-5,8,10-11H2,1-3H3,(H2,20,21,24). The van der Waals surface area contributed by atoms with Gasteiger partial charge in [-0.05, 0) is 56.4 Å². The van der Waals surface area contributed by atoms with E-state index in [2.05, 4.69) is 15.5 Å². The number of piperidine rings is 1. The second-order valence-corrected chi connectivity index (χ2v) is 6.78. The molecule has 0 aliphatic carbocycles. The molecule has 24 heavy (non-hydrogen) atoms. The van der Waals surface area contributed by atoms with Crippen molar-refractivity contribution in [3.63, 3.8) is 0 Å². The molecule has 134 valence electrons. The Bertz CT molecular complexity index is 567. The normalized spacial score (nSPS) is 20.4. The number of anilines is 1. The first-order valence-electron chi connectivity index (χ1n) is 8.59. The molecule has 1 aromatic rings. The van der Waals surface area contributed by atoms with Crippen molar-refractivity contribution in [2.45, 2.75) is 45.7 Å². The third-order valence-electron chi connectivity index (χ3n) is 4.76. The summed E-state index contributed by atoms with van der Waals surface area (Å²) >= 11 is 0. The number of aliphatic hydroxyl groups is 1. The van der Waals surface area contributed by atoms with Gasteiger partial charge in [-0.2, -0.15) is 0 Å². The number of aliphatic hydroxyl groups excluding tert-OH is 1. The summed E-state index contributed by atoms with van der Waals surface area (Å²) in [5.41, 5.74) is 1.93. The minimum Gasteiger partial charge on any atom is -0.396 e. The summed E-state index contributed by atoms with van der Waals surface area (Å²) in [6.07, 6.45) is 1.90. The molecule has 1 aromatic carbocycles. The molecule has 3 N–H and O–H groups in total. The highest BCUT2D eigenvalue weighted by Gasteiger charge is 2.23. The third kappa shape index (κ3) is 4.84. The van der Waals surface area contributed by atoms with Crippen LogP contribution in [-0.2, 0) is 0 Å². The van der Waals surface area contributed by atoms with Crippen molar-refractivity contribution in [1.82, 2.24) is 10.6 Å². The van der Waals surface area contributed by atoms with Crippen LogP contribution in [0.3, 0.4) is 0 Å². The van der Waals surface area contributed by atoms with Crippen molar-refractivity contribution < 1.29 is 14.3 Å². The summed E-state index contributed by atoms with van der Waals surface area (Å²) in [6.45, 7) is 7.34. The quantitative estimate of drug-likeness (QED) is 0.773. The number of benzene rings is 1. The number of nitrogens with one attached hydrogen (secondary N) is 2. The smallest absolute Gasteiger partial charge is 0.315 e. The Morgan fingerprint density at radius 3 is 2.88 bits per heavy atom. The van der Waals surface area contributed by atoms with Crippen molar-refractivity contribution in [1.29, 1.82) is 0 Å². The van der Waals surface area contributed by atoms with E-state index in [4.69, 9.17) is 5.11 Å². The van der Waals surface area contributed by atoms with Crippen LogP contribution in [0.1, 0.15) is 32.3 Å². The van der Waals surface area contributed by atoms with Gasteiger partial charge in [-0.3, -0.25) is 0 Å². The van der Waals surface area contributed by atoms with Crippen LogP contribution in [0, 0.1) is 18.7 Å². The van der Waals surface area contributed by atoms with E-state index in [1.165, 1.54) is 12.1 Å². The van der Waals surface area contributed by atoms with Gasteiger partial charge in [0, 0.05) is 37.5 Å². The van der Waals surface area contributed by atoms with Gasteiger partial charge in [0.1, 0.15) is 5.82 Å². The van der Waals surface area contributed by atoms with Crippen LogP contribution in [0.5, 0.6) is 0 Å². The Morgan fingerprint density at radius 2 is 2.21 bits per heavy atom. The molecule has 0 aromatic heterocycles. The Hall–Kier alpha value is -1.82. The number of halogens is 1. The highest BCUT2D eigenvalue weighted by atomic mass is 19.1. The molecule has 3 unspecified atom stereocenters. The molecule has 0 radical (unpaired) electrons. The zero-order chi connectivity index (χ0) is 17.7. The zero-order valence-corrected chi connectivity index (χ0v) is 14.7. The Morgan fingerprint density at radius 1 is 1.46 bits per heavy atom. The Labute approximate surface area is 143 Å². The predicted molar refractivity (Wildman–Crippen MR) is 93.8 cm³/mol. The van der Waals surface area contributed by atoms with E-state index < -0.39 is 0 Å². The Kier molecular flexibility index (Phi) is 6.43. The van der Waals surface area contributed by atoms with Crippen molar-refractivity contribution >= 4 is 11.7 Å². The van der Waals surface area contributed by atoms with Crippen molar-refractivity contribution in [2.75, 3.05) is 24.6 Å². The van der Waals surface area contributed by atoms with Crippen LogP contribution in [0.2, 0.25) is 0 Å². The zero-order valence-electron chi connectivity index (χ0n) is 14.7. The van der Waals surface area contributed by atoms with E-state index >= 15 is 0 Å². The van der Waals surface area contributed by atoms with Crippen LogP contribution >= 0.6 is 0 Å². The minimum absolute atomic E-state index is 0.0143. The number of carbonyl (C=O) groups excluding carboxylic acids is 1. The number of hydrogen-bond donors (Lipinski definition) is 3. The van der Waals surface area contributed by atoms with Gasteiger partial charge in [-0.25, -0.2) is 9.18 Å². The molecule has 3 atom stereocenters. The van der Waals surface area contributed by atoms with Gasteiger partial charge in [-0.15, -0.1) is 0 Å². The predicted octanol–water partition coefficient (Wildman–Crippen LogP) is 2.42. The SMILES string of the molecule is Cc1cc(F)ccc1N1CCCC(NC(=O)NC(C)C(C)CO)C1. The van der Waals surface area contributed by atoms with Crippen LogP contribution in [-0.4, -0.2) is 42.9 Å². The molecular formula is C18H28FN3O2. The molecule has 5 nitrogen and oxygen atoms in total. The molecule has 1 aliphatic heterocycles. The van der Waals surface area contributed by atoms with E-state index in [0.717, 1.165) is 30.6 Å². The fourth-order valence-electron chi connectivity index (χ4n) is 3.02. The highest BCUT2D eigenvalue weighted by molar-refractivity contribution is 5.74. The molecule has 2 amide bonds. The number of hydrogen-bond acceptors (Lipinski definition) is 3. The summed E-state index contributed by atoms with van der Waals surface area (Å²) in [4.78, 5) is 14.3. The molecule has 1 saturated heterocycles. The number of carbonyl (C=O) groups is 1. The largest absolute Gasteiger partial charge is 0.396 e. The van der Waals surface area contributed by atoms with Crippen molar-refractivity contribution in [3.05, 3.63) is 29.6 Å². The van der Waals surface area contributed by atoms with E-state index in [1.54, 1.807) is 6.07 Å². The molecule has 0 saturated carbocycles. The third-order valence-corrected chi connectivity index (χ3v) is 4.76. The molecule has 0 spiro atoms. The molecule has 2 rings (SSSR count). The van der Waals surface area contributed by atoms with E-state index in [-0.39, 0.29) is 36.5 Å². The van der Waals surface area contributed by atoms with Crippen molar-refractivity contribution in [2.24, 2.45) is 5.92 Å². The second-order valence-electron chi connectivity index (χ2n) is 6.78. The van der Waals surface area contributed by atoms with Gasteiger partial charge >= 0.3 is 6.03 Å². The monoisotopic (exact) mass is 337 g/mol.